The van der Waals surface area contributed by atoms with Crippen molar-refractivity contribution in [3.05, 3.63) is 54.7 Å². The van der Waals surface area contributed by atoms with Crippen LogP contribution >= 0.6 is 0 Å². The van der Waals surface area contributed by atoms with Crippen LogP contribution in [0.4, 0.5) is 11.6 Å². The molecule has 1 aliphatic heterocycles. The highest BCUT2D eigenvalue weighted by Gasteiger charge is 2.27. The third kappa shape index (κ3) is 3.42. The first kappa shape index (κ1) is 15.9. The van der Waals surface area contributed by atoms with Gasteiger partial charge in [0.2, 0.25) is 0 Å². The van der Waals surface area contributed by atoms with Gasteiger partial charge in [-0.3, -0.25) is 4.98 Å². The fraction of sp³-hybridized carbons (Fsp3) is 0.222. The van der Waals surface area contributed by atoms with Crippen molar-refractivity contribution in [2.45, 2.75) is 0 Å². The van der Waals surface area contributed by atoms with Crippen LogP contribution in [0.25, 0.3) is 11.3 Å². The van der Waals surface area contributed by atoms with E-state index in [2.05, 4.69) is 35.4 Å². The molecule has 0 aromatic carbocycles. The Morgan fingerprint density at radius 1 is 1.08 bits per heavy atom. The minimum Gasteiger partial charge on any atom is -0.368 e. The van der Waals surface area contributed by atoms with E-state index >= 15 is 0 Å². The molecule has 128 valence electrons. The van der Waals surface area contributed by atoms with Gasteiger partial charge in [0, 0.05) is 43.5 Å². The van der Waals surface area contributed by atoms with Crippen LogP contribution in [0.5, 0.6) is 0 Å². The van der Waals surface area contributed by atoms with E-state index in [-0.39, 0.29) is 0 Å². The number of nitrogens with one attached hydrogen (secondary N) is 1. The molecular weight excluding hydrogens is 328 g/mol. The van der Waals surface area contributed by atoms with Crippen molar-refractivity contribution in [2.75, 3.05) is 29.9 Å². The SMILES string of the molecule is N#Cc1cnc(NCC2CN(c3ccc(-c4ccncc4)nn3)C2)cn1. The average molecular weight is 344 g/mol. The van der Waals surface area contributed by atoms with E-state index in [4.69, 9.17) is 5.26 Å². The first-order valence-corrected chi connectivity index (χ1v) is 8.27. The van der Waals surface area contributed by atoms with Crippen molar-refractivity contribution in [1.29, 1.82) is 5.26 Å². The molecule has 3 aromatic heterocycles. The number of anilines is 2. The first-order chi connectivity index (χ1) is 12.8. The molecule has 8 nitrogen and oxygen atoms in total. The van der Waals surface area contributed by atoms with Gasteiger partial charge < -0.3 is 10.2 Å². The van der Waals surface area contributed by atoms with Crippen LogP contribution in [-0.4, -0.2) is 44.8 Å². The van der Waals surface area contributed by atoms with Crippen molar-refractivity contribution in [1.82, 2.24) is 25.1 Å². The largest absolute Gasteiger partial charge is 0.368 e. The predicted octanol–water partition coefficient (Wildman–Crippen LogP) is 1.75. The Morgan fingerprint density at radius 2 is 1.92 bits per heavy atom. The van der Waals surface area contributed by atoms with Gasteiger partial charge in [0.05, 0.1) is 18.1 Å². The van der Waals surface area contributed by atoms with Gasteiger partial charge in [-0.2, -0.15) is 5.26 Å². The van der Waals surface area contributed by atoms with Gasteiger partial charge in [-0.05, 0) is 24.3 Å². The highest BCUT2D eigenvalue weighted by atomic mass is 15.3. The number of pyridine rings is 1. The highest BCUT2D eigenvalue weighted by Crippen LogP contribution is 2.24. The van der Waals surface area contributed by atoms with E-state index in [1.54, 1.807) is 18.6 Å². The van der Waals surface area contributed by atoms with E-state index in [1.165, 1.54) is 6.20 Å². The van der Waals surface area contributed by atoms with E-state index in [9.17, 15) is 0 Å². The maximum Gasteiger partial charge on any atom is 0.158 e. The second-order valence-electron chi connectivity index (χ2n) is 6.06. The van der Waals surface area contributed by atoms with Crippen LogP contribution in [0.15, 0.2) is 49.1 Å². The number of hydrogen-bond acceptors (Lipinski definition) is 8. The standard InChI is InChI=1S/C18H16N8/c19-7-15-9-23-17(10-21-15)22-8-13-11-26(12-13)18-2-1-16(24-25-18)14-3-5-20-6-4-14/h1-6,9-10,13H,8,11-12H2,(H,22,23). The number of aromatic nitrogens is 5. The molecule has 0 atom stereocenters. The van der Waals surface area contributed by atoms with Crippen molar-refractivity contribution >= 4 is 11.6 Å². The molecule has 3 aromatic rings. The molecule has 0 unspecified atom stereocenters. The molecule has 4 heterocycles. The molecule has 0 amide bonds. The summed E-state index contributed by atoms with van der Waals surface area (Å²) in [4.78, 5) is 14.4. The van der Waals surface area contributed by atoms with Gasteiger partial charge in [-0.1, -0.05) is 0 Å². The summed E-state index contributed by atoms with van der Waals surface area (Å²) in [6, 6.07) is 9.77. The quantitative estimate of drug-likeness (QED) is 0.746. The van der Waals surface area contributed by atoms with Gasteiger partial charge in [-0.25, -0.2) is 9.97 Å². The zero-order valence-electron chi connectivity index (χ0n) is 13.9. The minimum absolute atomic E-state index is 0.319. The maximum absolute atomic E-state index is 8.72. The molecule has 8 heteroatoms. The Kier molecular flexibility index (Phi) is 4.35. The molecule has 4 rings (SSSR count). The smallest absolute Gasteiger partial charge is 0.158 e. The monoisotopic (exact) mass is 344 g/mol. The summed E-state index contributed by atoms with van der Waals surface area (Å²) < 4.78 is 0. The van der Waals surface area contributed by atoms with Crippen LogP contribution in [0.2, 0.25) is 0 Å². The second kappa shape index (κ2) is 7.11. The highest BCUT2D eigenvalue weighted by molar-refractivity contribution is 5.59. The van der Waals surface area contributed by atoms with Gasteiger partial charge in [0.1, 0.15) is 11.9 Å². The zero-order chi connectivity index (χ0) is 17.8. The summed E-state index contributed by atoms with van der Waals surface area (Å²) in [5.74, 6) is 2.08. The van der Waals surface area contributed by atoms with Gasteiger partial charge in [0.25, 0.3) is 0 Å². The zero-order valence-corrected chi connectivity index (χ0v) is 13.9. The molecule has 0 saturated carbocycles. The summed E-state index contributed by atoms with van der Waals surface area (Å²) >= 11 is 0. The van der Waals surface area contributed by atoms with Crippen molar-refractivity contribution < 1.29 is 0 Å². The maximum atomic E-state index is 8.72. The Balaban J connectivity index is 1.28. The number of hydrogen-bond donors (Lipinski definition) is 1. The topological polar surface area (TPSA) is 104 Å². The number of nitriles is 1. The third-order valence-electron chi connectivity index (χ3n) is 4.25. The predicted molar refractivity (Wildman–Crippen MR) is 96.2 cm³/mol. The van der Waals surface area contributed by atoms with Gasteiger partial charge in [0.15, 0.2) is 11.5 Å². The molecule has 1 saturated heterocycles. The summed E-state index contributed by atoms with van der Waals surface area (Å²) in [5, 5.41) is 20.6. The lowest BCUT2D eigenvalue weighted by molar-refractivity contribution is 0.425. The van der Waals surface area contributed by atoms with Crippen molar-refractivity contribution in [3.63, 3.8) is 0 Å². The second-order valence-corrected chi connectivity index (χ2v) is 6.06. The lowest BCUT2D eigenvalue weighted by atomic mass is 10.0. The molecule has 0 spiro atoms. The van der Waals surface area contributed by atoms with Crippen molar-refractivity contribution in [3.8, 4) is 17.3 Å². The Labute approximate surface area is 150 Å². The summed E-state index contributed by atoms with van der Waals surface area (Å²) in [6.45, 7) is 2.64. The van der Waals surface area contributed by atoms with Crippen LogP contribution < -0.4 is 10.2 Å². The average Bonchev–Trinajstić information content (AvgIpc) is 2.68. The van der Waals surface area contributed by atoms with Gasteiger partial charge >= 0.3 is 0 Å². The minimum atomic E-state index is 0.319. The Morgan fingerprint density at radius 3 is 2.58 bits per heavy atom. The molecule has 1 aliphatic rings. The van der Waals surface area contributed by atoms with E-state index < -0.39 is 0 Å². The van der Waals surface area contributed by atoms with Crippen LogP contribution in [0.1, 0.15) is 5.69 Å². The normalized spacial score (nSPS) is 13.7. The van der Waals surface area contributed by atoms with E-state index in [0.717, 1.165) is 36.7 Å². The molecule has 0 radical (unpaired) electrons. The van der Waals surface area contributed by atoms with Crippen LogP contribution in [0.3, 0.4) is 0 Å². The number of nitrogens with zero attached hydrogens (tertiary/aromatic N) is 7. The van der Waals surface area contributed by atoms with Crippen molar-refractivity contribution in [2.24, 2.45) is 5.92 Å². The lowest BCUT2D eigenvalue weighted by Crippen LogP contribution is -2.50. The Bertz CT molecular complexity index is 897. The third-order valence-corrected chi connectivity index (χ3v) is 4.25. The summed E-state index contributed by atoms with van der Waals surface area (Å²) in [5.41, 5.74) is 2.17. The van der Waals surface area contributed by atoms with Crippen LogP contribution in [-0.2, 0) is 0 Å². The fourth-order valence-electron chi connectivity index (χ4n) is 2.78. The molecule has 26 heavy (non-hydrogen) atoms. The van der Waals surface area contributed by atoms with Gasteiger partial charge in [-0.15, -0.1) is 10.2 Å². The Hall–Kier alpha value is -3.60. The fourth-order valence-corrected chi connectivity index (χ4v) is 2.78. The lowest BCUT2D eigenvalue weighted by Gasteiger charge is -2.40. The first-order valence-electron chi connectivity index (χ1n) is 8.27. The van der Waals surface area contributed by atoms with Crippen LogP contribution in [0, 0.1) is 17.2 Å². The summed E-state index contributed by atoms with van der Waals surface area (Å²) in [7, 11) is 0. The number of rotatable bonds is 5. The van der Waals surface area contributed by atoms with E-state index in [1.807, 2.05) is 30.3 Å². The molecule has 1 fully saturated rings. The van der Waals surface area contributed by atoms with E-state index in [0.29, 0.717) is 17.4 Å². The molecule has 0 aliphatic carbocycles. The molecule has 0 bridgehead atoms. The molecular formula is C18H16N8. The summed E-state index contributed by atoms with van der Waals surface area (Å²) in [6.07, 6.45) is 6.54. The molecule has 1 N–H and O–H groups in total.